The van der Waals surface area contributed by atoms with Gasteiger partial charge in [-0.05, 0) is 52.9 Å². The fourth-order valence-electron chi connectivity index (χ4n) is 1.10. The molecular formula is C11H26N2. The van der Waals surface area contributed by atoms with Crippen LogP contribution in [0.3, 0.4) is 0 Å². The van der Waals surface area contributed by atoms with Gasteiger partial charge in [0.25, 0.3) is 0 Å². The zero-order valence-electron chi connectivity index (χ0n) is 9.93. The predicted octanol–water partition coefficient (Wildman–Crippen LogP) is 1.96. The Bertz CT molecular complexity index is 111. The van der Waals surface area contributed by atoms with Crippen LogP contribution in [-0.2, 0) is 0 Å². The molecule has 0 aliphatic rings. The lowest BCUT2D eigenvalue weighted by molar-refractivity contribution is 0.269. The summed E-state index contributed by atoms with van der Waals surface area (Å²) in [5, 5.41) is 3.45. The number of nitrogens with one attached hydrogen (secondary N) is 1. The van der Waals surface area contributed by atoms with Crippen molar-refractivity contribution in [2.24, 2.45) is 5.92 Å². The number of hydrogen-bond acceptors (Lipinski definition) is 2. The molecule has 0 saturated heterocycles. The van der Waals surface area contributed by atoms with Crippen LogP contribution in [0, 0.1) is 5.92 Å². The molecule has 0 aliphatic heterocycles. The zero-order valence-corrected chi connectivity index (χ0v) is 9.93. The van der Waals surface area contributed by atoms with Gasteiger partial charge in [-0.15, -0.1) is 0 Å². The third-order valence-electron chi connectivity index (χ3n) is 2.30. The van der Waals surface area contributed by atoms with Crippen molar-refractivity contribution in [2.75, 3.05) is 26.7 Å². The molecule has 0 heterocycles. The summed E-state index contributed by atoms with van der Waals surface area (Å²) in [4.78, 5) is 2.39. The van der Waals surface area contributed by atoms with Gasteiger partial charge in [0, 0.05) is 6.04 Å². The Morgan fingerprint density at radius 3 is 2.23 bits per heavy atom. The molecule has 0 rings (SSSR count). The van der Waals surface area contributed by atoms with Gasteiger partial charge in [-0.2, -0.15) is 0 Å². The Hall–Kier alpha value is -0.0800. The molecule has 0 spiro atoms. The van der Waals surface area contributed by atoms with Crippen LogP contribution in [0.15, 0.2) is 0 Å². The van der Waals surface area contributed by atoms with Gasteiger partial charge < -0.3 is 10.2 Å². The van der Waals surface area contributed by atoms with Crippen LogP contribution in [0.4, 0.5) is 0 Å². The molecule has 0 amide bonds. The molecule has 1 N–H and O–H groups in total. The standard InChI is InChI=1S/C11H26N2/c1-10(2)9-12-7-6-8-13(5)11(3)4/h10-12H,6-9H2,1-5H3. The third kappa shape index (κ3) is 8.26. The maximum atomic E-state index is 3.45. The molecular weight excluding hydrogens is 160 g/mol. The van der Waals surface area contributed by atoms with Crippen molar-refractivity contribution in [3.8, 4) is 0 Å². The van der Waals surface area contributed by atoms with Crippen LogP contribution < -0.4 is 5.32 Å². The van der Waals surface area contributed by atoms with Crippen LogP contribution in [0.25, 0.3) is 0 Å². The average Bonchev–Trinajstić information content (AvgIpc) is 2.02. The van der Waals surface area contributed by atoms with E-state index in [4.69, 9.17) is 0 Å². The summed E-state index contributed by atoms with van der Waals surface area (Å²) in [6.07, 6.45) is 1.25. The second kappa shape index (κ2) is 7.34. The van der Waals surface area contributed by atoms with Crippen LogP contribution in [0.1, 0.15) is 34.1 Å². The molecule has 0 aliphatic carbocycles. The molecule has 0 unspecified atom stereocenters. The molecule has 2 nitrogen and oxygen atoms in total. The van der Waals surface area contributed by atoms with E-state index in [0.29, 0.717) is 6.04 Å². The maximum absolute atomic E-state index is 3.45. The number of nitrogens with zero attached hydrogens (tertiary/aromatic N) is 1. The minimum atomic E-state index is 0.671. The van der Waals surface area contributed by atoms with Gasteiger partial charge in [-0.3, -0.25) is 0 Å². The Morgan fingerprint density at radius 1 is 1.15 bits per heavy atom. The lowest BCUT2D eigenvalue weighted by Crippen LogP contribution is -2.30. The highest BCUT2D eigenvalue weighted by Crippen LogP contribution is 1.94. The van der Waals surface area contributed by atoms with Gasteiger partial charge in [0.2, 0.25) is 0 Å². The van der Waals surface area contributed by atoms with Crippen LogP contribution in [-0.4, -0.2) is 37.6 Å². The fraction of sp³-hybridized carbons (Fsp3) is 1.00. The van der Waals surface area contributed by atoms with E-state index < -0.39 is 0 Å². The molecule has 0 radical (unpaired) electrons. The summed E-state index contributed by atoms with van der Waals surface area (Å²) in [7, 11) is 2.19. The molecule has 80 valence electrons. The van der Waals surface area contributed by atoms with Crippen molar-refractivity contribution >= 4 is 0 Å². The minimum absolute atomic E-state index is 0.671. The largest absolute Gasteiger partial charge is 0.316 e. The summed E-state index contributed by atoms with van der Waals surface area (Å²) in [6.45, 7) is 12.5. The van der Waals surface area contributed by atoms with Crippen molar-refractivity contribution in [1.82, 2.24) is 10.2 Å². The second-order valence-electron chi connectivity index (χ2n) is 4.53. The van der Waals surface area contributed by atoms with E-state index in [9.17, 15) is 0 Å². The smallest absolute Gasteiger partial charge is 0.00355 e. The molecule has 0 aromatic heterocycles. The molecule has 2 heteroatoms. The highest BCUT2D eigenvalue weighted by atomic mass is 15.1. The van der Waals surface area contributed by atoms with Gasteiger partial charge in [0.1, 0.15) is 0 Å². The molecule has 0 saturated carbocycles. The van der Waals surface area contributed by atoms with E-state index in [1.54, 1.807) is 0 Å². The lowest BCUT2D eigenvalue weighted by Gasteiger charge is -2.20. The van der Waals surface area contributed by atoms with Crippen LogP contribution in [0.2, 0.25) is 0 Å². The van der Waals surface area contributed by atoms with Crippen LogP contribution >= 0.6 is 0 Å². The minimum Gasteiger partial charge on any atom is -0.316 e. The summed E-state index contributed by atoms with van der Waals surface area (Å²) in [5.41, 5.74) is 0. The summed E-state index contributed by atoms with van der Waals surface area (Å²) in [5.74, 6) is 0.767. The third-order valence-corrected chi connectivity index (χ3v) is 2.30. The molecule has 13 heavy (non-hydrogen) atoms. The van der Waals surface area contributed by atoms with E-state index in [-0.39, 0.29) is 0 Å². The zero-order chi connectivity index (χ0) is 10.3. The molecule has 0 aromatic carbocycles. The van der Waals surface area contributed by atoms with Gasteiger partial charge in [-0.1, -0.05) is 13.8 Å². The van der Waals surface area contributed by atoms with Gasteiger partial charge >= 0.3 is 0 Å². The highest BCUT2D eigenvalue weighted by molar-refractivity contribution is 4.58. The highest BCUT2D eigenvalue weighted by Gasteiger charge is 2.01. The fourth-order valence-corrected chi connectivity index (χ4v) is 1.10. The van der Waals surface area contributed by atoms with E-state index >= 15 is 0 Å². The van der Waals surface area contributed by atoms with E-state index in [0.717, 1.165) is 19.0 Å². The van der Waals surface area contributed by atoms with Crippen molar-refractivity contribution < 1.29 is 0 Å². The molecule has 0 fully saturated rings. The van der Waals surface area contributed by atoms with Gasteiger partial charge in [-0.25, -0.2) is 0 Å². The van der Waals surface area contributed by atoms with Crippen LogP contribution in [0.5, 0.6) is 0 Å². The van der Waals surface area contributed by atoms with Crippen molar-refractivity contribution in [1.29, 1.82) is 0 Å². The van der Waals surface area contributed by atoms with Gasteiger partial charge in [0.15, 0.2) is 0 Å². The van der Waals surface area contributed by atoms with E-state index in [1.807, 2.05) is 0 Å². The first-order valence-electron chi connectivity index (χ1n) is 5.45. The topological polar surface area (TPSA) is 15.3 Å². The van der Waals surface area contributed by atoms with Gasteiger partial charge in [0.05, 0.1) is 0 Å². The average molecular weight is 186 g/mol. The van der Waals surface area contributed by atoms with E-state index in [1.165, 1.54) is 13.0 Å². The number of rotatable bonds is 7. The quantitative estimate of drug-likeness (QED) is 0.612. The molecule has 0 bridgehead atoms. The molecule has 0 aromatic rings. The second-order valence-corrected chi connectivity index (χ2v) is 4.53. The van der Waals surface area contributed by atoms with Crippen molar-refractivity contribution in [3.63, 3.8) is 0 Å². The first-order valence-corrected chi connectivity index (χ1v) is 5.45. The lowest BCUT2D eigenvalue weighted by atomic mass is 10.2. The monoisotopic (exact) mass is 186 g/mol. The Morgan fingerprint density at radius 2 is 1.77 bits per heavy atom. The van der Waals surface area contributed by atoms with Crippen molar-refractivity contribution in [3.05, 3.63) is 0 Å². The number of hydrogen-bond donors (Lipinski definition) is 1. The first kappa shape index (κ1) is 12.9. The first-order chi connectivity index (χ1) is 6.04. The van der Waals surface area contributed by atoms with E-state index in [2.05, 4.69) is 45.0 Å². The Balaban J connectivity index is 3.16. The maximum Gasteiger partial charge on any atom is 0.00355 e. The summed E-state index contributed by atoms with van der Waals surface area (Å²) < 4.78 is 0. The van der Waals surface area contributed by atoms with Crippen molar-refractivity contribution in [2.45, 2.75) is 40.2 Å². The SMILES string of the molecule is CC(C)CNCCCN(C)C(C)C. The summed E-state index contributed by atoms with van der Waals surface area (Å²) >= 11 is 0. The predicted molar refractivity (Wildman–Crippen MR) is 60.1 cm³/mol. The normalized spacial score (nSPS) is 12.0. The molecule has 0 atom stereocenters. The Kier molecular flexibility index (Phi) is 7.29. The Labute approximate surface area is 83.7 Å². The summed E-state index contributed by atoms with van der Waals surface area (Å²) in [6, 6.07) is 0.671.